The molecular formula is C17H16FN3O3S. The highest BCUT2D eigenvalue weighted by Gasteiger charge is 2.20. The number of nitrogens with zero attached hydrogens (tertiary/aromatic N) is 2. The molecule has 8 heteroatoms. The number of aryl methyl sites for hydroxylation is 2. The molecular weight excluding hydrogens is 345 g/mol. The third-order valence-electron chi connectivity index (χ3n) is 3.58. The first-order chi connectivity index (χ1) is 11.9. The minimum absolute atomic E-state index is 0.272. The summed E-state index contributed by atoms with van der Waals surface area (Å²) in [7, 11) is 0. The van der Waals surface area contributed by atoms with Crippen LogP contribution in [0.1, 0.15) is 18.2 Å². The van der Waals surface area contributed by atoms with Gasteiger partial charge in [-0.3, -0.25) is 4.79 Å². The molecule has 0 aliphatic heterocycles. The van der Waals surface area contributed by atoms with E-state index in [0.717, 1.165) is 11.8 Å². The Bertz CT molecular complexity index is 906. The van der Waals surface area contributed by atoms with Crippen molar-refractivity contribution in [2.24, 2.45) is 0 Å². The molecule has 0 saturated heterocycles. The van der Waals surface area contributed by atoms with Crippen LogP contribution >= 0.6 is 11.8 Å². The zero-order chi connectivity index (χ0) is 18.0. The number of furan rings is 1. The van der Waals surface area contributed by atoms with Crippen molar-refractivity contribution >= 4 is 23.4 Å². The lowest BCUT2D eigenvalue weighted by atomic mass is 10.2. The lowest BCUT2D eigenvalue weighted by Gasteiger charge is -2.10. The van der Waals surface area contributed by atoms with Crippen LogP contribution in [0.4, 0.5) is 10.1 Å². The number of anilines is 1. The van der Waals surface area contributed by atoms with Gasteiger partial charge in [-0.25, -0.2) is 4.39 Å². The summed E-state index contributed by atoms with van der Waals surface area (Å²) in [5, 5.41) is 10.3. The number of hydrogen-bond acceptors (Lipinski definition) is 6. The normalized spacial score (nSPS) is 12.2. The molecule has 0 radical (unpaired) electrons. The maximum absolute atomic E-state index is 13.6. The minimum Gasteiger partial charge on any atom is -0.469 e. The van der Waals surface area contributed by atoms with Gasteiger partial charge in [-0.05, 0) is 44.5 Å². The third kappa shape index (κ3) is 3.90. The van der Waals surface area contributed by atoms with E-state index in [-0.39, 0.29) is 16.9 Å². The summed E-state index contributed by atoms with van der Waals surface area (Å²) in [6.07, 6.45) is 1.54. The van der Waals surface area contributed by atoms with E-state index < -0.39 is 5.25 Å². The van der Waals surface area contributed by atoms with Crippen LogP contribution in [0, 0.1) is 19.7 Å². The fourth-order valence-electron chi connectivity index (χ4n) is 2.09. The van der Waals surface area contributed by atoms with Gasteiger partial charge in [0.15, 0.2) is 0 Å². The second-order valence-corrected chi connectivity index (χ2v) is 6.77. The number of rotatable bonds is 5. The molecule has 25 heavy (non-hydrogen) atoms. The largest absolute Gasteiger partial charge is 0.469 e. The Morgan fingerprint density at radius 1 is 1.28 bits per heavy atom. The summed E-state index contributed by atoms with van der Waals surface area (Å²) in [6.45, 7) is 5.16. The monoisotopic (exact) mass is 361 g/mol. The lowest BCUT2D eigenvalue weighted by molar-refractivity contribution is -0.115. The van der Waals surface area contributed by atoms with Crippen molar-refractivity contribution in [3.05, 3.63) is 47.7 Å². The maximum Gasteiger partial charge on any atom is 0.277 e. The molecule has 1 aromatic carbocycles. The number of nitrogens with one attached hydrogen (secondary N) is 1. The summed E-state index contributed by atoms with van der Waals surface area (Å²) < 4.78 is 24.3. The number of amides is 1. The van der Waals surface area contributed by atoms with Crippen molar-refractivity contribution < 1.29 is 18.0 Å². The van der Waals surface area contributed by atoms with E-state index in [1.165, 1.54) is 6.07 Å². The standard InChI is InChI=1S/C17H16FN3O3S/c1-9-4-5-12(8-14(9)18)19-15(22)11(3)25-17-21-20-16(24-17)13-6-7-23-10(13)2/h4-8,11H,1-3H3,(H,19,22)/t11-/m0/s1. The number of carbonyl (C=O) groups excluding carboxylic acids is 1. The van der Waals surface area contributed by atoms with Gasteiger partial charge >= 0.3 is 0 Å². The smallest absolute Gasteiger partial charge is 0.277 e. The Balaban J connectivity index is 1.64. The molecule has 1 atom stereocenters. The predicted octanol–water partition coefficient (Wildman–Crippen LogP) is 4.20. The number of hydrogen-bond donors (Lipinski definition) is 1. The molecule has 0 spiro atoms. The van der Waals surface area contributed by atoms with Gasteiger partial charge in [-0.2, -0.15) is 0 Å². The van der Waals surface area contributed by atoms with Gasteiger partial charge in [-0.15, -0.1) is 10.2 Å². The molecule has 2 heterocycles. The highest BCUT2D eigenvalue weighted by atomic mass is 32.2. The highest BCUT2D eigenvalue weighted by molar-refractivity contribution is 8.00. The first-order valence-corrected chi connectivity index (χ1v) is 8.43. The number of carbonyl (C=O) groups is 1. The summed E-state index contributed by atoms with van der Waals surface area (Å²) in [5.41, 5.74) is 1.64. The Morgan fingerprint density at radius 2 is 2.08 bits per heavy atom. The van der Waals surface area contributed by atoms with E-state index in [0.29, 0.717) is 28.5 Å². The van der Waals surface area contributed by atoms with Crippen molar-refractivity contribution in [1.82, 2.24) is 10.2 Å². The first-order valence-electron chi connectivity index (χ1n) is 7.55. The van der Waals surface area contributed by atoms with Gasteiger partial charge in [-0.1, -0.05) is 17.8 Å². The maximum atomic E-state index is 13.6. The third-order valence-corrected chi connectivity index (χ3v) is 4.52. The number of benzene rings is 1. The van der Waals surface area contributed by atoms with Crippen molar-refractivity contribution in [2.75, 3.05) is 5.32 Å². The van der Waals surface area contributed by atoms with Crippen LogP contribution in [0.5, 0.6) is 0 Å². The van der Waals surface area contributed by atoms with Crippen LogP contribution in [0.15, 0.2) is 44.6 Å². The average Bonchev–Trinajstić information content (AvgIpc) is 3.19. The summed E-state index contributed by atoms with van der Waals surface area (Å²) in [4.78, 5) is 12.2. The van der Waals surface area contributed by atoms with Crippen LogP contribution < -0.4 is 5.32 Å². The number of aromatic nitrogens is 2. The van der Waals surface area contributed by atoms with Crippen LogP contribution in [0.2, 0.25) is 0 Å². The summed E-state index contributed by atoms with van der Waals surface area (Å²) >= 11 is 1.13. The van der Waals surface area contributed by atoms with Crippen molar-refractivity contribution in [3.63, 3.8) is 0 Å². The fraction of sp³-hybridized carbons (Fsp3) is 0.235. The average molecular weight is 361 g/mol. The Kier molecular flexibility index (Phi) is 4.89. The highest BCUT2D eigenvalue weighted by Crippen LogP contribution is 2.28. The van der Waals surface area contributed by atoms with Crippen LogP contribution in [0.25, 0.3) is 11.5 Å². The Hall–Kier alpha value is -2.61. The Labute approximate surface area is 147 Å². The van der Waals surface area contributed by atoms with E-state index in [1.54, 1.807) is 45.2 Å². The van der Waals surface area contributed by atoms with Gasteiger partial charge in [0.2, 0.25) is 5.91 Å². The second-order valence-electron chi connectivity index (χ2n) is 5.48. The van der Waals surface area contributed by atoms with Gasteiger partial charge in [0.1, 0.15) is 11.6 Å². The van der Waals surface area contributed by atoms with Crippen LogP contribution in [0.3, 0.4) is 0 Å². The quantitative estimate of drug-likeness (QED) is 0.686. The van der Waals surface area contributed by atoms with E-state index in [1.807, 2.05) is 0 Å². The SMILES string of the molecule is Cc1ccc(NC(=O)[C@H](C)Sc2nnc(-c3ccoc3C)o2)cc1F. The van der Waals surface area contributed by atoms with E-state index in [4.69, 9.17) is 8.83 Å². The molecule has 6 nitrogen and oxygen atoms in total. The summed E-state index contributed by atoms with van der Waals surface area (Å²) in [5.74, 6) is 0.358. The van der Waals surface area contributed by atoms with E-state index in [2.05, 4.69) is 15.5 Å². The van der Waals surface area contributed by atoms with Gasteiger partial charge in [0.05, 0.1) is 17.1 Å². The zero-order valence-corrected chi connectivity index (χ0v) is 14.7. The Morgan fingerprint density at radius 3 is 2.76 bits per heavy atom. The van der Waals surface area contributed by atoms with Crippen molar-refractivity contribution in [1.29, 1.82) is 0 Å². The van der Waals surface area contributed by atoms with E-state index >= 15 is 0 Å². The molecule has 3 aromatic rings. The topological polar surface area (TPSA) is 81.2 Å². The van der Waals surface area contributed by atoms with Crippen LogP contribution in [-0.2, 0) is 4.79 Å². The summed E-state index contributed by atoms with van der Waals surface area (Å²) in [6, 6.07) is 6.29. The van der Waals surface area contributed by atoms with Crippen LogP contribution in [-0.4, -0.2) is 21.4 Å². The molecule has 0 fully saturated rings. The molecule has 1 amide bonds. The minimum atomic E-state index is -0.497. The molecule has 0 saturated carbocycles. The molecule has 0 aliphatic carbocycles. The zero-order valence-electron chi connectivity index (χ0n) is 13.9. The second kappa shape index (κ2) is 7.10. The number of halogens is 1. The molecule has 0 aliphatic rings. The van der Waals surface area contributed by atoms with Gasteiger partial charge in [0.25, 0.3) is 11.1 Å². The van der Waals surface area contributed by atoms with Crippen molar-refractivity contribution in [2.45, 2.75) is 31.2 Å². The molecule has 130 valence electrons. The molecule has 2 aromatic heterocycles. The molecule has 0 bridgehead atoms. The number of thioether (sulfide) groups is 1. The van der Waals surface area contributed by atoms with Gasteiger partial charge < -0.3 is 14.2 Å². The molecule has 0 unspecified atom stereocenters. The fourth-order valence-corrected chi connectivity index (χ4v) is 2.78. The van der Waals surface area contributed by atoms with E-state index in [9.17, 15) is 9.18 Å². The molecule has 1 N–H and O–H groups in total. The molecule has 3 rings (SSSR count). The predicted molar refractivity (Wildman–Crippen MR) is 91.8 cm³/mol. The van der Waals surface area contributed by atoms with Gasteiger partial charge in [0, 0.05) is 5.69 Å². The lowest BCUT2D eigenvalue weighted by Crippen LogP contribution is -2.22. The first kappa shape index (κ1) is 17.2. The van der Waals surface area contributed by atoms with Crippen molar-refractivity contribution in [3.8, 4) is 11.5 Å².